The molecule has 1 fully saturated rings. The molecule has 1 aliphatic heterocycles. The highest BCUT2D eigenvalue weighted by molar-refractivity contribution is 7.14. The number of thiazole rings is 1. The maximum absolute atomic E-state index is 12.1. The molecule has 9 heteroatoms. The standard InChI is InChI=1S/C22H30N4O4S/c1-14-11-26(12-15(2)29-14)17-8-6-7-16(9-17)18-13-31-20(24-18)25-19(27)10-23-21(28)30-22(3,4)5/h6-9,13-15H,10-12H2,1-5H3,(H,23,28)(H,24,25,27)/t14-,15-/m1/s1. The average Bonchev–Trinajstić information content (AvgIpc) is 3.13. The lowest BCUT2D eigenvalue weighted by Crippen LogP contribution is -2.45. The molecule has 0 bridgehead atoms. The van der Waals surface area contributed by atoms with E-state index in [1.54, 1.807) is 20.8 Å². The number of morpholine rings is 1. The van der Waals surface area contributed by atoms with Crippen molar-refractivity contribution in [3.05, 3.63) is 29.6 Å². The van der Waals surface area contributed by atoms with E-state index in [1.807, 2.05) is 17.5 Å². The number of alkyl carbamates (subject to hydrolysis) is 1. The first-order valence-electron chi connectivity index (χ1n) is 10.3. The molecule has 2 aromatic rings. The number of rotatable bonds is 5. The van der Waals surface area contributed by atoms with Crippen LogP contribution in [0.4, 0.5) is 15.6 Å². The zero-order chi connectivity index (χ0) is 22.6. The number of ether oxygens (including phenoxy) is 2. The molecular weight excluding hydrogens is 416 g/mol. The Morgan fingerprint density at radius 2 is 1.97 bits per heavy atom. The number of aromatic nitrogens is 1. The van der Waals surface area contributed by atoms with Crippen molar-refractivity contribution < 1.29 is 19.1 Å². The van der Waals surface area contributed by atoms with Gasteiger partial charge in [-0.15, -0.1) is 11.3 Å². The smallest absolute Gasteiger partial charge is 0.408 e. The van der Waals surface area contributed by atoms with Crippen LogP contribution in [-0.2, 0) is 14.3 Å². The number of amides is 2. The minimum Gasteiger partial charge on any atom is -0.444 e. The van der Waals surface area contributed by atoms with E-state index in [2.05, 4.69) is 46.5 Å². The number of hydrogen-bond acceptors (Lipinski definition) is 7. The van der Waals surface area contributed by atoms with Crippen LogP contribution in [0.3, 0.4) is 0 Å². The highest BCUT2D eigenvalue weighted by atomic mass is 32.1. The molecule has 1 aromatic heterocycles. The van der Waals surface area contributed by atoms with Crippen LogP contribution < -0.4 is 15.5 Å². The second kappa shape index (κ2) is 9.65. The lowest BCUT2D eigenvalue weighted by atomic mass is 10.1. The fourth-order valence-electron chi connectivity index (χ4n) is 3.34. The summed E-state index contributed by atoms with van der Waals surface area (Å²) in [5, 5.41) is 7.53. The molecule has 168 valence electrons. The van der Waals surface area contributed by atoms with Gasteiger partial charge in [0.05, 0.1) is 17.9 Å². The lowest BCUT2D eigenvalue weighted by Gasteiger charge is -2.37. The van der Waals surface area contributed by atoms with Gasteiger partial charge in [0.2, 0.25) is 5.91 Å². The fraction of sp³-hybridized carbons (Fsp3) is 0.500. The Bertz CT molecular complexity index is 914. The van der Waals surface area contributed by atoms with E-state index in [9.17, 15) is 9.59 Å². The van der Waals surface area contributed by atoms with Gasteiger partial charge in [-0.05, 0) is 46.8 Å². The van der Waals surface area contributed by atoms with Gasteiger partial charge in [0, 0.05) is 29.7 Å². The minimum atomic E-state index is -0.633. The summed E-state index contributed by atoms with van der Waals surface area (Å²) in [6.07, 6.45) is -0.267. The molecule has 1 aromatic carbocycles. The molecule has 0 spiro atoms. The molecule has 0 unspecified atom stereocenters. The SMILES string of the molecule is C[C@@H]1CN(c2cccc(-c3csc(NC(=O)CNC(=O)OC(C)(C)C)n3)c2)C[C@@H](C)O1. The molecule has 2 amide bonds. The van der Waals surface area contributed by atoms with E-state index >= 15 is 0 Å². The van der Waals surface area contributed by atoms with Gasteiger partial charge in [0.25, 0.3) is 0 Å². The Balaban J connectivity index is 1.59. The summed E-state index contributed by atoms with van der Waals surface area (Å²) in [6.45, 7) is 11.0. The van der Waals surface area contributed by atoms with Crippen molar-refractivity contribution in [3.63, 3.8) is 0 Å². The second-order valence-electron chi connectivity index (χ2n) is 8.65. The number of anilines is 2. The molecule has 0 radical (unpaired) electrons. The number of hydrogen-bond donors (Lipinski definition) is 2. The van der Waals surface area contributed by atoms with Crippen molar-refractivity contribution in [2.75, 3.05) is 29.9 Å². The Kier molecular flexibility index (Phi) is 7.17. The zero-order valence-electron chi connectivity index (χ0n) is 18.6. The van der Waals surface area contributed by atoms with Crippen molar-refractivity contribution in [3.8, 4) is 11.3 Å². The van der Waals surface area contributed by atoms with E-state index in [1.165, 1.54) is 11.3 Å². The summed E-state index contributed by atoms with van der Waals surface area (Å²) >= 11 is 1.34. The van der Waals surface area contributed by atoms with E-state index < -0.39 is 11.7 Å². The van der Waals surface area contributed by atoms with Gasteiger partial charge in [-0.3, -0.25) is 4.79 Å². The van der Waals surface area contributed by atoms with Gasteiger partial charge >= 0.3 is 6.09 Å². The number of nitrogens with zero attached hydrogens (tertiary/aromatic N) is 2. The van der Waals surface area contributed by atoms with E-state index in [4.69, 9.17) is 9.47 Å². The Morgan fingerprint density at radius 3 is 2.65 bits per heavy atom. The highest BCUT2D eigenvalue weighted by Crippen LogP contribution is 2.29. The van der Waals surface area contributed by atoms with Crippen molar-refractivity contribution in [1.82, 2.24) is 10.3 Å². The van der Waals surface area contributed by atoms with Crippen LogP contribution in [0.5, 0.6) is 0 Å². The van der Waals surface area contributed by atoms with Crippen molar-refractivity contribution in [2.24, 2.45) is 0 Å². The van der Waals surface area contributed by atoms with Gasteiger partial charge in [-0.2, -0.15) is 0 Å². The molecule has 2 atom stereocenters. The molecule has 0 aliphatic carbocycles. The van der Waals surface area contributed by atoms with Gasteiger partial charge in [0.1, 0.15) is 12.1 Å². The van der Waals surface area contributed by atoms with Crippen molar-refractivity contribution in [2.45, 2.75) is 52.4 Å². The largest absolute Gasteiger partial charge is 0.444 e. The van der Waals surface area contributed by atoms with E-state index in [0.29, 0.717) is 5.13 Å². The molecule has 1 saturated heterocycles. The third kappa shape index (κ3) is 6.93. The third-order valence-corrected chi connectivity index (χ3v) is 5.23. The maximum Gasteiger partial charge on any atom is 0.408 e. The van der Waals surface area contributed by atoms with Crippen LogP contribution in [-0.4, -0.2) is 54.4 Å². The molecule has 0 saturated carbocycles. The summed E-state index contributed by atoms with van der Waals surface area (Å²) in [6, 6.07) is 8.21. The Morgan fingerprint density at radius 1 is 1.26 bits per heavy atom. The van der Waals surface area contributed by atoms with Crippen LogP contribution in [0.1, 0.15) is 34.6 Å². The fourth-order valence-corrected chi connectivity index (χ4v) is 4.08. The Labute approximate surface area is 186 Å². The molecule has 31 heavy (non-hydrogen) atoms. The van der Waals surface area contributed by atoms with Crippen LogP contribution in [0.15, 0.2) is 29.6 Å². The quantitative estimate of drug-likeness (QED) is 0.724. The van der Waals surface area contributed by atoms with Gasteiger partial charge in [-0.25, -0.2) is 9.78 Å². The molecule has 8 nitrogen and oxygen atoms in total. The van der Waals surface area contributed by atoms with Crippen LogP contribution >= 0.6 is 11.3 Å². The summed E-state index contributed by atoms with van der Waals surface area (Å²) in [5.41, 5.74) is 2.28. The third-order valence-electron chi connectivity index (χ3n) is 4.47. The van der Waals surface area contributed by atoms with Crippen LogP contribution in [0.25, 0.3) is 11.3 Å². The van der Waals surface area contributed by atoms with Crippen molar-refractivity contribution in [1.29, 1.82) is 0 Å². The predicted molar refractivity (Wildman–Crippen MR) is 123 cm³/mol. The van der Waals surface area contributed by atoms with E-state index in [0.717, 1.165) is 30.0 Å². The second-order valence-corrected chi connectivity index (χ2v) is 9.51. The summed E-state index contributed by atoms with van der Waals surface area (Å²) in [4.78, 5) is 30.6. The first-order chi connectivity index (χ1) is 14.6. The Hall–Kier alpha value is -2.65. The molecule has 3 rings (SSSR count). The maximum atomic E-state index is 12.1. The molecule has 2 heterocycles. The van der Waals surface area contributed by atoms with Gasteiger partial charge in [0.15, 0.2) is 5.13 Å². The zero-order valence-corrected chi connectivity index (χ0v) is 19.4. The first-order valence-corrected chi connectivity index (χ1v) is 11.2. The van der Waals surface area contributed by atoms with Gasteiger partial charge in [-0.1, -0.05) is 12.1 Å². The van der Waals surface area contributed by atoms with Gasteiger partial charge < -0.3 is 25.0 Å². The lowest BCUT2D eigenvalue weighted by molar-refractivity contribution is -0.115. The average molecular weight is 447 g/mol. The monoisotopic (exact) mass is 446 g/mol. The topological polar surface area (TPSA) is 92.8 Å². The first kappa shape index (κ1) is 23.0. The predicted octanol–water partition coefficient (Wildman–Crippen LogP) is 3.89. The summed E-state index contributed by atoms with van der Waals surface area (Å²) < 4.78 is 10.9. The number of carbonyl (C=O) groups is 2. The van der Waals surface area contributed by atoms with E-state index in [-0.39, 0.29) is 24.7 Å². The number of benzene rings is 1. The molecule has 1 aliphatic rings. The normalized spacial score (nSPS) is 19.1. The van der Waals surface area contributed by atoms with Crippen LogP contribution in [0.2, 0.25) is 0 Å². The number of carbonyl (C=O) groups excluding carboxylic acids is 2. The molecular formula is C22H30N4O4S. The minimum absolute atomic E-state index is 0.183. The number of nitrogens with one attached hydrogen (secondary N) is 2. The summed E-state index contributed by atoms with van der Waals surface area (Å²) in [5.74, 6) is -0.364. The van der Waals surface area contributed by atoms with Crippen molar-refractivity contribution >= 4 is 34.2 Å². The van der Waals surface area contributed by atoms with Crippen LogP contribution in [0, 0.1) is 0 Å². The molecule has 2 N–H and O–H groups in total. The highest BCUT2D eigenvalue weighted by Gasteiger charge is 2.23. The summed E-state index contributed by atoms with van der Waals surface area (Å²) in [7, 11) is 0.